The van der Waals surface area contributed by atoms with Gasteiger partial charge in [-0.15, -0.1) is 0 Å². The SMILES string of the molecule is CNC(=O)Nc1cccc(CC(c2ccc(C#N)cc2)(c2cccnc2)c2cccnc2)n1. The number of aromatic nitrogens is 3. The first-order valence-corrected chi connectivity index (χ1v) is 10.4. The van der Waals surface area contributed by atoms with Crippen molar-refractivity contribution in [3.8, 4) is 6.07 Å². The van der Waals surface area contributed by atoms with Gasteiger partial charge in [-0.2, -0.15) is 5.26 Å². The van der Waals surface area contributed by atoms with Crippen molar-refractivity contribution in [1.82, 2.24) is 20.3 Å². The average Bonchev–Trinajstić information content (AvgIpc) is 2.88. The standard InChI is InChI=1S/C26H22N6O/c1-28-25(33)32-24-8-2-7-23(31-24)15-26(21-5-3-13-29-17-21,22-6-4-14-30-18-22)20-11-9-19(16-27)10-12-20/h2-14,17-18H,15H2,1H3,(H2,28,31,32,33). The quantitative estimate of drug-likeness (QED) is 0.476. The predicted octanol–water partition coefficient (Wildman–Crippen LogP) is 4.07. The van der Waals surface area contributed by atoms with Crippen molar-refractivity contribution in [2.75, 3.05) is 12.4 Å². The number of benzene rings is 1. The highest BCUT2D eigenvalue weighted by Crippen LogP contribution is 2.41. The Hall–Kier alpha value is -4.57. The first-order valence-electron chi connectivity index (χ1n) is 10.4. The topological polar surface area (TPSA) is 104 Å². The van der Waals surface area contributed by atoms with E-state index in [1.165, 1.54) is 0 Å². The monoisotopic (exact) mass is 434 g/mol. The van der Waals surface area contributed by atoms with Gasteiger partial charge in [-0.05, 0) is 53.1 Å². The molecule has 0 atom stereocenters. The highest BCUT2D eigenvalue weighted by molar-refractivity contribution is 5.87. The molecule has 0 saturated heterocycles. The molecule has 0 saturated carbocycles. The van der Waals surface area contributed by atoms with Gasteiger partial charge in [-0.3, -0.25) is 15.3 Å². The van der Waals surface area contributed by atoms with E-state index in [0.29, 0.717) is 17.8 Å². The van der Waals surface area contributed by atoms with Gasteiger partial charge in [0, 0.05) is 43.9 Å². The number of urea groups is 1. The molecule has 7 heteroatoms. The lowest BCUT2D eigenvalue weighted by Crippen LogP contribution is -2.33. The first-order chi connectivity index (χ1) is 16.2. The third kappa shape index (κ3) is 4.55. The maximum atomic E-state index is 11.8. The third-order valence-electron chi connectivity index (χ3n) is 5.54. The highest BCUT2D eigenvalue weighted by Gasteiger charge is 2.37. The summed E-state index contributed by atoms with van der Waals surface area (Å²) in [5.41, 5.74) is 3.60. The van der Waals surface area contributed by atoms with Gasteiger partial charge in [-0.25, -0.2) is 9.78 Å². The lowest BCUT2D eigenvalue weighted by molar-refractivity contribution is 0.254. The number of rotatable bonds is 6. The van der Waals surface area contributed by atoms with Crippen molar-refractivity contribution >= 4 is 11.8 Å². The van der Waals surface area contributed by atoms with Gasteiger partial charge in [0.05, 0.1) is 17.0 Å². The van der Waals surface area contributed by atoms with Crippen LogP contribution in [-0.4, -0.2) is 28.0 Å². The number of pyridine rings is 3. The fourth-order valence-corrected chi connectivity index (χ4v) is 3.96. The molecule has 2 N–H and O–H groups in total. The van der Waals surface area contributed by atoms with Crippen LogP contribution in [0.25, 0.3) is 0 Å². The van der Waals surface area contributed by atoms with Gasteiger partial charge < -0.3 is 5.32 Å². The summed E-state index contributed by atoms with van der Waals surface area (Å²) in [4.78, 5) is 25.3. The second-order valence-electron chi connectivity index (χ2n) is 7.47. The van der Waals surface area contributed by atoms with Crippen LogP contribution in [0.3, 0.4) is 0 Å². The first kappa shape index (κ1) is 21.7. The lowest BCUT2D eigenvalue weighted by atomic mass is 9.67. The van der Waals surface area contributed by atoms with Crippen LogP contribution in [0.5, 0.6) is 0 Å². The summed E-state index contributed by atoms with van der Waals surface area (Å²) in [6, 6.07) is 22.8. The molecular weight excluding hydrogens is 412 g/mol. The van der Waals surface area contributed by atoms with Crippen LogP contribution in [0.2, 0.25) is 0 Å². The van der Waals surface area contributed by atoms with Crippen molar-refractivity contribution < 1.29 is 4.79 Å². The Morgan fingerprint density at radius 2 is 1.58 bits per heavy atom. The lowest BCUT2D eigenvalue weighted by Gasteiger charge is -2.35. The zero-order chi connectivity index (χ0) is 23.1. The second kappa shape index (κ2) is 9.71. The minimum absolute atomic E-state index is 0.336. The predicted molar refractivity (Wildman–Crippen MR) is 126 cm³/mol. The van der Waals surface area contributed by atoms with Gasteiger partial charge in [0.15, 0.2) is 0 Å². The smallest absolute Gasteiger partial charge is 0.320 e. The van der Waals surface area contributed by atoms with Crippen molar-refractivity contribution in [3.63, 3.8) is 0 Å². The molecule has 0 unspecified atom stereocenters. The minimum atomic E-state index is -0.671. The van der Waals surface area contributed by atoms with E-state index in [9.17, 15) is 10.1 Å². The van der Waals surface area contributed by atoms with Crippen LogP contribution >= 0.6 is 0 Å². The number of nitrogens with zero attached hydrogens (tertiary/aromatic N) is 4. The normalized spacial score (nSPS) is 10.8. The van der Waals surface area contributed by atoms with Gasteiger partial charge in [-0.1, -0.05) is 30.3 Å². The van der Waals surface area contributed by atoms with Crippen molar-refractivity contribution in [3.05, 3.63) is 119 Å². The maximum Gasteiger partial charge on any atom is 0.320 e. The van der Waals surface area contributed by atoms with E-state index in [-0.39, 0.29) is 6.03 Å². The van der Waals surface area contributed by atoms with E-state index in [1.54, 1.807) is 25.5 Å². The van der Waals surface area contributed by atoms with Gasteiger partial charge in [0.25, 0.3) is 0 Å². The molecule has 33 heavy (non-hydrogen) atoms. The summed E-state index contributed by atoms with van der Waals surface area (Å²) in [7, 11) is 1.56. The van der Waals surface area contributed by atoms with Crippen LogP contribution in [0.1, 0.15) is 27.9 Å². The Balaban J connectivity index is 1.91. The summed E-state index contributed by atoms with van der Waals surface area (Å²) >= 11 is 0. The van der Waals surface area contributed by atoms with Crippen LogP contribution < -0.4 is 10.6 Å². The maximum absolute atomic E-state index is 11.8. The number of carbonyl (C=O) groups excluding carboxylic acids is 1. The molecule has 162 valence electrons. The number of carbonyl (C=O) groups is 1. The Labute approximate surface area is 192 Å². The Morgan fingerprint density at radius 1 is 0.909 bits per heavy atom. The molecule has 0 aliphatic rings. The van der Waals surface area contributed by atoms with E-state index in [0.717, 1.165) is 22.4 Å². The second-order valence-corrected chi connectivity index (χ2v) is 7.47. The molecule has 7 nitrogen and oxygen atoms in total. The molecule has 2 amide bonds. The summed E-state index contributed by atoms with van der Waals surface area (Å²) in [5.74, 6) is 0.456. The Morgan fingerprint density at radius 3 is 2.12 bits per heavy atom. The molecule has 3 aromatic heterocycles. The zero-order valence-electron chi connectivity index (χ0n) is 18.1. The van der Waals surface area contributed by atoms with Crippen molar-refractivity contribution in [2.24, 2.45) is 0 Å². The van der Waals surface area contributed by atoms with Gasteiger partial charge in [0.1, 0.15) is 5.82 Å². The fourth-order valence-electron chi connectivity index (χ4n) is 3.96. The summed E-state index contributed by atoms with van der Waals surface area (Å²) in [6.07, 6.45) is 7.65. The van der Waals surface area contributed by atoms with Crippen LogP contribution in [0.4, 0.5) is 10.6 Å². The molecule has 0 aliphatic carbocycles. The molecule has 3 heterocycles. The Bertz CT molecular complexity index is 1230. The molecule has 4 aromatic rings. The molecule has 4 rings (SSSR count). The number of hydrogen-bond donors (Lipinski definition) is 2. The molecule has 1 aromatic carbocycles. The number of amides is 2. The van der Waals surface area contributed by atoms with Crippen LogP contribution in [0.15, 0.2) is 91.5 Å². The van der Waals surface area contributed by atoms with Crippen molar-refractivity contribution in [1.29, 1.82) is 5.26 Å². The van der Waals surface area contributed by atoms with Crippen LogP contribution in [0, 0.1) is 11.3 Å². The number of hydrogen-bond acceptors (Lipinski definition) is 5. The highest BCUT2D eigenvalue weighted by atomic mass is 16.2. The summed E-state index contributed by atoms with van der Waals surface area (Å²) in [5, 5.41) is 14.6. The van der Waals surface area contributed by atoms with Crippen molar-refractivity contribution in [2.45, 2.75) is 11.8 Å². The van der Waals surface area contributed by atoms with E-state index in [1.807, 2.05) is 73.1 Å². The van der Waals surface area contributed by atoms with E-state index >= 15 is 0 Å². The number of nitriles is 1. The third-order valence-corrected chi connectivity index (χ3v) is 5.54. The number of nitrogens with one attached hydrogen (secondary N) is 2. The van der Waals surface area contributed by atoms with E-state index < -0.39 is 5.41 Å². The molecule has 0 spiro atoms. The van der Waals surface area contributed by atoms with E-state index in [2.05, 4.69) is 26.7 Å². The summed E-state index contributed by atoms with van der Waals surface area (Å²) < 4.78 is 0. The molecular formula is C26H22N6O. The molecule has 0 radical (unpaired) electrons. The largest absolute Gasteiger partial charge is 0.341 e. The molecule has 0 bridgehead atoms. The summed E-state index contributed by atoms with van der Waals surface area (Å²) in [6.45, 7) is 0. The van der Waals surface area contributed by atoms with Gasteiger partial charge in [0.2, 0.25) is 0 Å². The fraction of sp³-hybridized carbons (Fsp3) is 0.115. The molecule has 0 aliphatic heterocycles. The molecule has 0 fully saturated rings. The number of anilines is 1. The average molecular weight is 435 g/mol. The Kier molecular flexibility index (Phi) is 6.37. The van der Waals surface area contributed by atoms with E-state index in [4.69, 9.17) is 4.98 Å². The minimum Gasteiger partial charge on any atom is -0.341 e. The zero-order valence-corrected chi connectivity index (χ0v) is 18.1. The van der Waals surface area contributed by atoms with Gasteiger partial charge >= 0.3 is 6.03 Å². The van der Waals surface area contributed by atoms with Crippen LogP contribution in [-0.2, 0) is 11.8 Å².